The van der Waals surface area contributed by atoms with Gasteiger partial charge in [-0.25, -0.2) is 4.98 Å². The zero-order valence-corrected chi connectivity index (χ0v) is 15.3. The van der Waals surface area contributed by atoms with Gasteiger partial charge >= 0.3 is 0 Å². The Hall–Kier alpha value is -1.88. The van der Waals surface area contributed by atoms with Crippen LogP contribution >= 0.6 is 0 Å². The molecule has 2 rings (SSSR count). The number of para-hydroxylation sites is 1. The van der Waals surface area contributed by atoms with Crippen LogP contribution in [0.1, 0.15) is 29.9 Å². The van der Waals surface area contributed by atoms with Crippen molar-refractivity contribution in [3.05, 3.63) is 47.5 Å². The van der Waals surface area contributed by atoms with E-state index in [1.54, 1.807) is 0 Å². The molecular formula is C17H25N3OSi. The number of nitrogens with zero attached hydrogens (tertiary/aromatic N) is 3. The molecule has 0 saturated heterocycles. The second-order valence-corrected chi connectivity index (χ2v) is 11.0. The van der Waals surface area contributed by atoms with E-state index in [0.717, 1.165) is 22.7 Å². The van der Waals surface area contributed by atoms with Crippen molar-refractivity contribution in [1.29, 1.82) is 0 Å². The first kappa shape index (κ1) is 16.5. The van der Waals surface area contributed by atoms with Crippen LogP contribution in [0.3, 0.4) is 0 Å². The van der Waals surface area contributed by atoms with E-state index in [4.69, 9.17) is 4.43 Å². The van der Waals surface area contributed by atoms with E-state index >= 15 is 0 Å². The van der Waals surface area contributed by atoms with Gasteiger partial charge < -0.3 is 8.99 Å². The Kier molecular flexibility index (Phi) is 4.86. The van der Waals surface area contributed by atoms with Gasteiger partial charge in [0.1, 0.15) is 11.4 Å². The maximum Gasteiger partial charge on any atom is 0.242 e. The van der Waals surface area contributed by atoms with Gasteiger partial charge in [0.05, 0.1) is 12.4 Å². The lowest BCUT2D eigenvalue weighted by Crippen LogP contribution is -2.29. The molecule has 22 heavy (non-hydrogen) atoms. The lowest BCUT2D eigenvalue weighted by atomic mass is 10.1. The molecule has 1 aromatic carbocycles. The topological polar surface area (TPSA) is 39.4 Å². The van der Waals surface area contributed by atoms with Gasteiger partial charge in [-0.15, -0.1) is 0 Å². The maximum absolute atomic E-state index is 6.18. The summed E-state index contributed by atoms with van der Waals surface area (Å²) in [5, 5.41) is 0. The average Bonchev–Trinajstić information content (AvgIpc) is 2.75. The van der Waals surface area contributed by atoms with Gasteiger partial charge in [-0.05, 0) is 39.6 Å². The third-order valence-electron chi connectivity index (χ3n) is 3.48. The standard InChI is InChI=1S/C17H25N3OSi/c1-13(18-11-16-14(2)20(3)12-19-16)15-9-7-8-10-17(15)21-22(4,5)6/h7-13H,1-6H3/b18-11+. The number of benzene rings is 1. The molecule has 0 spiro atoms. The van der Waals surface area contributed by atoms with Crippen LogP contribution in [0.2, 0.25) is 19.6 Å². The smallest absolute Gasteiger partial charge is 0.242 e. The monoisotopic (exact) mass is 315 g/mol. The summed E-state index contributed by atoms with van der Waals surface area (Å²) in [5.74, 6) is 0.948. The molecule has 0 amide bonds. The summed E-state index contributed by atoms with van der Waals surface area (Å²) in [6.07, 6.45) is 3.66. The first-order valence-electron chi connectivity index (χ1n) is 7.57. The van der Waals surface area contributed by atoms with Crippen molar-refractivity contribution in [2.24, 2.45) is 12.0 Å². The van der Waals surface area contributed by atoms with Crippen molar-refractivity contribution < 1.29 is 4.43 Å². The van der Waals surface area contributed by atoms with E-state index in [-0.39, 0.29) is 6.04 Å². The van der Waals surface area contributed by atoms with Gasteiger partial charge in [-0.1, -0.05) is 18.2 Å². The van der Waals surface area contributed by atoms with Crippen LogP contribution in [0.15, 0.2) is 35.6 Å². The molecule has 5 heteroatoms. The average molecular weight is 315 g/mol. The quantitative estimate of drug-likeness (QED) is 0.615. The van der Waals surface area contributed by atoms with Crippen LogP contribution in [0.5, 0.6) is 5.75 Å². The lowest BCUT2D eigenvalue weighted by Gasteiger charge is -2.22. The molecule has 1 heterocycles. The number of imidazole rings is 1. The molecule has 0 aliphatic carbocycles. The largest absolute Gasteiger partial charge is 0.544 e. The van der Waals surface area contributed by atoms with Crippen LogP contribution in [0, 0.1) is 6.92 Å². The number of hydrogen-bond donors (Lipinski definition) is 0. The summed E-state index contributed by atoms with van der Waals surface area (Å²) in [6.45, 7) is 10.7. The summed E-state index contributed by atoms with van der Waals surface area (Å²) in [7, 11) is 0.351. The highest BCUT2D eigenvalue weighted by atomic mass is 28.4. The first-order valence-corrected chi connectivity index (χ1v) is 11.0. The molecule has 0 aliphatic rings. The number of hydrogen-bond acceptors (Lipinski definition) is 3. The SMILES string of the molecule is Cc1c(/C=N/C(C)c2ccccc2O[Si](C)(C)C)ncn1C. The summed E-state index contributed by atoms with van der Waals surface area (Å²) in [6, 6.07) is 8.20. The van der Waals surface area contributed by atoms with Gasteiger partial charge in [0.2, 0.25) is 8.32 Å². The zero-order chi connectivity index (χ0) is 16.3. The lowest BCUT2D eigenvalue weighted by molar-refractivity contribution is 0.543. The van der Waals surface area contributed by atoms with Crippen molar-refractivity contribution in [2.45, 2.75) is 39.5 Å². The Balaban J connectivity index is 2.23. The molecule has 0 fully saturated rings. The summed E-state index contributed by atoms with van der Waals surface area (Å²) in [5.41, 5.74) is 3.15. The van der Waals surface area contributed by atoms with Crippen molar-refractivity contribution in [2.75, 3.05) is 0 Å². The third-order valence-corrected chi connectivity index (χ3v) is 4.31. The number of aliphatic imine (C=N–C) groups is 1. The maximum atomic E-state index is 6.18. The van der Waals surface area contributed by atoms with Gasteiger partial charge in [0.15, 0.2) is 0 Å². The van der Waals surface area contributed by atoms with E-state index in [9.17, 15) is 0 Å². The fraction of sp³-hybridized carbons (Fsp3) is 0.412. The van der Waals surface area contributed by atoms with E-state index in [1.807, 2.05) is 49.3 Å². The Morgan fingerprint density at radius 3 is 2.55 bits per heavy atom. The molecule has 0 N–H and O–H groups in total. The fourth-order valence-electron chi connectivity index (χ4n) is 2.15. The van der Waals surface area contributed by atoms with E-state index in [2.05, 4.69) is 42.6 Å². The molecule has 0 aliphatic heterocycles. The van der Waals surface area contributed by atoms with Gasteiger partial charge in [0.25, 0.3) is 0 Å². The van der Waals surface area contributed by atoms with Crippen LogP contribution in [0.25, 0.3) is 0 Å². The van der Waals surface area contributed by atoms with Crippen LogP contribution in [-0.4, -0.2) is 24.1 Å². The first-order chi connectivity index (χ1) is 10.3. The molecule has 0 bridgehead atoms. The van der Waals surface area contributed by atoms with Gasteiger partial charge in [-0.3, -0.25) is 4.99 Å². The Morgan fingerprint density at radius 1 is 1.27 bits per heavy atom. The minimum absolute atomic E-state index is 0.0361. The van der Waals surface area contributed by atoms with E-state index < -0.39 is 8.32 Å². The van der Waals surface area contributed by atoms with Crippen LogP contribution in [0.4, 0.5) is 0 Å². The highest BCUT2D eigenvalue weighted by molar-refractivity contribution is 6.70. The fourth-order valence-corrected chi connectivity index (χ4v) is 2.99. The highest BCUT2D eigenvalue weighted by Crippen LogP contribution is 2.29. The van der Waals surface area contributed by atoms with Gasteiger partial charge in [0, 0.05) is 24.5 Å². The van der Waals surface area contributed by atoms with Crippen molar-refractivity contribution in [3.63, 3.8) is 0 Å². The Labute approximate surface area is 134 Å². The summed E-state index contributed by atoms with van der Waals surface area (Å²) < 4.78 is 8.17. The molecule has 1 atom stereocenters. The van der Waals surface area contributed by atoms with Crippen LogP contribution < -0.4 is 4.43 Å². The number of rotatable bonds is 5. The van der Waals surface area contributed by atoms with E-state index in [0.29, 0.717) is 0 Å². The zero-order valence-electron chi connectivity index (χ0n) is 14.3. The van der Waals surface area contributed by atoms with Gasteiger partial charge in [-0.2, -0.15) is 0 Å². The normalized spacial score (nSPS) is 13.5. The van der Waals surface area contributed by atoms with Crippen molar-refractivity contribution in [1.82, 2.24) is 9.55 Å². The molecule has 0 radical (unpaired) electrons. The molecule has 1 aromatic heterocycles. The van der Waals surface area contributed by atoms with Crippen molar-refractivity contribution >= 4 is 14.5 Å². The predicted octanol–water partition coefficient (Wildman–Crippen LogP) is 4.12. The second-order valence-electron chi connectivity index (χ2n) is 6.53. The van der Waals surface area contributed by atoms with E-state index in [1.165, 1.54) is 0 Å². The van der Waals surface area contributed by atoms with Crippen LogP contribution in [-0.2, 0) is 7.05 Å². The Bertz CT molecular complexity index is 671. The molecule has 1 unspecified atom stereocenters. The number of aryl methyl sites for hydroxylation is 1. The predicted molar refractivity (Wildman–Crippen MR) is 94.4 cm³/mol. The highest BCUT2D eigenvalue weighted by Gasteiger charge is 2.19. The third kappa shape index (κ3) is 4.07. The minimum atomic E-state index is -1.64. The molecule has 4 nitrogen and oxygen atoms in total. The summed E-state index contributed by atoms with van der Waals surface area (Å²) in [4.78, 5) is 9.02. The Morgan fingerprint density at radius 2 is 1.95 bits per heavy atom. The number of aromatic nitrogens is 2. The minimum Gasteiger partial charge on any atom is -0.544 e. The second kappa shape index (κ2) is 6.48. The molecular weight excluding hydrogens is 290 g/mol. The molecule has 2 aromatic rings. The molecule has 0 saturated carbocycles. The van der Waals surface area contributed by atoms with Crippen molar-refractivity contribution in [3.8, 4) is 5.75 Å². The summed E-state index contributed by atoms with van der Waals surface area (Å²) >= 11 is 0. The molecule has 118 valence electrons.